The number of hydrogen-bond donors (Lipinski definition) is 0. The molecule has 2 bridgehead atoms. The molecular formula is C25H28. The Kier molecular flexibility index (Phi) is 4.43. The zero-order chi connectivity index (χ0) is 17.3. The summed E-state index contributed by atoms with van der Waals surface area (Å²) in [7, 11) is 0. The van der Waals surface area contributed by atoms with Crippen molar-refractivity contribution in [3.63, 3.8) is 0 Å². The summed E-state index contributed by atoms with van der Waals surface area (Å²) in [6, 6.07) is 17.4. The lowest BCUT2D eigenvalue weighted by Gasteiger charge is -2.47. The predicted octanol–water partition coefficient (Wildman–Crippen LogP) is 6.48. The molecule has 3 aliphatic carbocycles. The first-order chi connectivity index (χ1) is 12.2. The van der Waals surface area contributed by atoms with Gasteiger partial charge in [-0.1, -0.05) is 68.0 Å². The quantitative estimate of drug-likeness (QED) is 0.553. The summed E-state index contributed by atoms with van der Waals surface area (Å²) in [6.45, 7) is 4.65. The molecule has 0 N–H and O–H groups in total. The summed E-state index contributed by atoms with van der Waals surface area (Å²) in [5.74, 6) is 9.06. The summed E-state index contributed by atoms with van der Waals surface area (Å²) in [5, 5.41) is 0. The van der Waals surface area contributed by atoms with Gasteiger partial charge >= 0.3 is 0 Å². The smallest absolute Gasteiger partial charge is 0.0321 e. The van der Waals surface area contributed by atoms with E-state index in [1.54, 1.807) is 0 Å². The number of aryl methyl sites for hydroxylation is 1. The SMILES string of the molecule is CCc1cc(-c2ccccc2)ccc1C#CC1(C)CC2CCC1CC2. The lowest BCUT2D eigenvalue weighted by molar-refractivity contribution is 0.0617. The van der Waals surface area contributed by atoms with Crippen LogP contribution >= 0.6 is 0 Å². The van der Waals surface area contributed by atoms with E-state index in [1.165, 1.54) is 54.4 Å². The average Bonchev–Trinajstić information content (AvgIpc) is 2.68. The molecule has 1 unspecified atom stereocenters. The van der Waals surface area contributed by atoms with Gasteiger partial charge in [-0.15, -0.1) is 0 Å². The molecule has 3 fully saturated rings. The lowest BCUT2D eigenvalue weighted by atomic mass is 9.57. The second-order valence-corrected chi connectivity index (χ2v) is 8.18. The van der Waals surface area contributed by atoms with Crippen molar-refractivity contribution in [2.24, 2.45) is 17.3 Å². The van der Waals surface area contributed by atoms with Crippen LogP contribution in [0.25, 0.3) is 11.1 Å². The standard InChI is InChI=1S/C25H28/c1-3-20-17-23(21-7-5-4-6-8-21)12-11-22(20)15-16-25(2)18-19-9-13-24(25)14-10-19/h4-8,11-12,17,19,24H,3,9-10,13-14,18H2,1-2H3. The summed E-state index contributed by atoms with van der Waals surface area (Å²) in [4.78, 5) is 0. The molecule has 0 amide bonds. The van der Waals surface area contributed by atoms with Crippen molar-refractivity contribution < 1.29 is 0 Å². The second kappa shape index (κ2) is 6.72. The van der Waals surface area contributed by atoms with Crippen LogP contribution in [0.1, 0.15) is 57.1 Å². The monoisotopic (exact) mass is 328 g/mol. The first-order valence-electron chi connectivity index (χ1n) is 9.89. The van der Waals surface area contributed by atoms with Crippen molar-refractivity contribution >= 4 is 0 Å². The van der Waals surface area contributed by atoms with Gasteiger partial charge in [-0.25, -0.2) is 0 Å². The van der Waals surface area contributed by atoms with Gasteiger partial charge in [-0.3, -0.25) is 0 Å². The Bertz CT molecular complexity index is 797. The van der Waals surface area contributed by atoms with E-state index >= 15 is 0 Å². The molecular weight excluding hydrogens is 300 g/mol. The van der Waals surface area contributed by atoms with E-state index in [1.807, 2.05) is 0 Å². The topological polar surface area (TPSA) is 0 Å². The van der Waals surface area contributed by atoms with Gasteiger partial charge in [-0.2, -0.15) is 0 Å². The van der Waals surface area contributed by atoms with Crippen molar-refractivity contribution in [2.45, 2.75) is 52.4 Å². The maximum absolute atomic E-state index is 3.73. The fourth-order valence-corrected chi connectivity index (χ4v) is 4.95. The molecule has 3 aliphatic rings. The van der Waals surface area contributed by atoms with Crippen LogP contribution in [0.3, 0.4) is 0 Å². The van der Waals surface area contributed by atoms with Crippen molar-refractivity contribution in [2.75, 3.05) is 0 Å². The average molecular weight is 328 g/mol. The van der Waals surface area contributed by atoms with Crippen molar-refractivity contribution in [1.82, 2.24) is 0 Å². The van der Waals surface area contributed by atoms with Gasteiger partial charge in [0.1, 0.15) is 0 Å². The van der Waals surface area contributed by atoms with Crippen molar-refractivity contribution in [3.8, 4) is 23.0 Å². The summed E-state index contributed by atoms with van der Waals surface area (Å²) >= 11 is 0. The maximum atomic E-state index is 3.73. The molecule has 0 saturated heterocycles. The first kappa shape index (κ1) is 16.5. The molecule has 3 saturated carbocycles. The number of hydrogen-bond acceptors (Lipinski definition) is 0. The molecule has 2 aromatic rings. The van der Waals surface area contributed by atoms with E-state index in [4.69, 9.17) is 0 Å². The van der Waals surface area contributed by atoms with Crippen molar-refractivity contribution in [3.05, 3.63) is 59.7 Å². The largest absolute Gasteiger partial charge is 0.0911 e. The lowest BCUT2D eigenvalue weighted by Crippen LogP contribution is -2.38. The van der Waals surface area contributed by atoms with Crippen molar-refractivity contribution in [1.29, 1.82) is 0 Å². The van der Waals surface area contributed by atoms with Crippen LogP contribution in [0.15, 0.2) is 48.5 Å². The van der Waals surface area contributed by atoms with Crippen LogP contribution in [0.5, 0.6) is 0 Å². The maximum Gasteiger partial charge on any atom is 0.0321 e. The molecule has 0 heterocycles. The van der Waals surface area contributed by atoms with Crippen LogP contribution in [0.2, 0.25) is 0 Å². The molecule has 0 aromatic heterocycles. The van der Waals surface area contributed by atoms with E-state index in [9.17, 15) is 0 Å². The number of benzene rings is 2. The van der Waals surface area contributed by atoms with Gasteiger partial charge in [-0.05, 0) is 73.3 Å². The minimum absolute atomic E-state index is 0.240. The Morgan fingerprint density at radius 3 is 2.36 bits per heavy atom. The highest BCUT2D eigenvalue weighted by molar-refractivity contribution is 5.66. The van der Waals surface area contributed by atoms with Gasteiger partial charge in [0, 0.05) is 11.0 Å². The molecule has 0 heteroatoms. The van der Waals surface area contributed by atoms with Crippen LogP contribution < -0.4 is 0 Å². The summed E-state index contributed by atoms with van der Waals surface area (Å²) in [5.41, 5.74) is 5.42. The number of rotatable bonds is 2. The number of fused-ring (bicyclic) bond motifs is 3. The van der Waals surface area contributed by atoms with Gasteiger partial charge in [0.25, 0.3) is 0 Å². The Balaban J connectivity index is 1.63. The summed E-state index contributed by atoms with van der Waals surface area (Å²) < 4.78 is 0. The van der Waals surface area contributed by atoms with E-state index in [0.29, 0.717) is 0 Å². The van der Waals surface area contributed by atoms with Crippen LogP contribution in [-0.4, -0.2) is 0 Å². The van der Waals surface area contributed by atoms with E-state index < -0.39 is 0 Å². The van der Waals surface area contributed by atoms with Crippen LogP contribution in [-0.2, 0) is 6.42 Å². The highest BCUT2D eigenvalue weighted by Crippen LogP contribution is 2.52. The highest BCUT2D eigenvalue weighted by atomic mass is 14.5. The zero-order valence-electron chi connectivity index (χ0n) is 15.5. The molecule has 0 aliphatic heterocycles. The molecule has 25 heavy (non-hydrogen) atoms. The van der Waals surface area contributed by atoms with Gasteiger partial charge in [0.2, 0.25) is 0 Å². The third-order valence-electron chi connectivity index (χ3n) is 6.54. The molecule has 0 radical (unpaired) electrons. The minimum atomic E-state index is 0.240. The Labute approximate surface area is 152 Å². The Morgan fingerprint density at radius 1 is 0.960 bits per heavy atom. The third-order valence-corrected chi connectivity index (χ3v) is 6.54. The second-order valence-electron chi connectivity index (χ2n) is 8.18. The minimum Gasteiger partial charge on any atom is -0.0911 e. The van der Waals surface area contributed by atoms with Gasteiger partial charge in [0.05, 0.1) is 0 Å². The molecule has 0 spiro atoms. The highest BCUT2D eigenvalue weighted by Gasteiger charge is 2.43. The van der Waals surface area contributed by atoms with Crippen LogP contribution in [0, 0.1) is 29.1 Å². The van der Waals surface area contributed by atoms with Crippen LogP contribution in [0.4, 0.5) is 0 Å². The molecule has 0 nitrogen and oxygen atoms in total. The Morgan fingerprint density at radius 2 is 1.72 bits per heavy atom. The normalized spacial score (nSPS) is 27.6. The van der Waals surface area contributed by atoms with E-state index in [-0.39, 0.29) is 5.41 Å². The molecule has 1 atom stereocenters. The molecule has 5 rings (SSSR count). The van der Waals surface area contributed by atoms with Gasteiger partial charge < -0.3 is 0 Å². The third kappa shape index (κ3) is 3.25. The molecule has 128 valence electrons. The fourth-order valence-electron chi connectivity index (χ4n) is 4.95. The molecule has 2 aromatic carbocycles. The van der Waals surface area contributed by atoms with E-state index in [2.05, 4.69) is 74.2 Å². The van der Waals surface area contributed by atoms with Gasteiger partial charge in [0.15, 0.2) is 0 Å². The van der Waals surface area contributed by atoms with E-state index in [0.717, 1.165) is 18.3 Å². The zero-order valence-corrected chi connectivity index (χ0v) is 15.5. The Hall–Kier alpha value is -2.00. The first-order valence-corrected chi connectivity index (χ1v) is 9.89. The fraction of sp³-hybridized carbons (Fsp3) is 0.440. The predicted molar refractivity (Wildman–Crippen MR) is 106 cm³/mol. The summed E-state index contributed by atoms with van der Waals surface area (Å²) in [6.07, 6.45) is 8.01.